The molecule has 12 heteroatoms. The van der Waals surface area contributed by atoms with Crippen molar-refractivity contribution in [1.82, 2.24) is 14.7 Å². The number of hydrogen-bond acceptors (Lipinski definition) is 6. The number of fused-ring (bicyclic) bond motifs is 1. The Morgan fingerprint density at radius 2 is 1.80 bits per heavy atom. The van der Waals surface area contributed by atoms with Gasteiger partial charge < -0.3 is 0 Å². The highest BCUT2D eigenvalue weighted by Gasteiger charge is 2.26. The molecule has 0 atom stereocenters. The SMILES string of the molecule is O=S(=O)(Nc1ccc(Cl)c(-c2nccc3ncccc23)c1)c1ccc(N2CCCNS2(=O)=O)cc1. The van der Waals surface area contributed by atoms with Gasteiger partial charge in [0.15, 0.2) is 0 Å². The third-order valence-electron chi connectivity index (χ3n) is 5.55. The highest BCUT2D eigenvalue weighted by Crippen LogP contribution is 2.34. The lowest BCUT2D eigenvalue weighted by Crippen LogP contribution is -2.47. The minimum Gasteiger partial charge on any atom is -0.280 e. The van der Waals surface area contributed by atoms with Crippen LogP contribution in [0.2, 0.25) is 5.02 Å². The van der Waals surface area contributed by atoms with Crippen LogP contribution >= 0.6 is 11.6 Å². The summed E-state index contributed by atoms with van der Waals surface area (Å²) in [7, 11) is -7.58. The molecule has 35 heavy (non-hydrogen) atoms. The number of halogens is 1. The molecule has 0 saturated carbocycles. The van der Waals surface area contributed by atoms with E-state index < -0.39 is 20.2 Å². The van der Waals surface area contributed by atoms with Crippen LogP contribution in [0.25, 0.3) is 22.2 Å². The zero-order valence-electron chi connectivity index (χ0n) is 18.2. The second-order valence-corrected chi connectivity index (χ2v) is 11.6. The predicted molar refractivity (Wildman–Crippen MR) is 136 cm³/mol. The Kier molecular flexibility index (Phi) is 6.09. The van der Waals surface area contributed by atoms with Crippen LogP contribution < -0.4 is 13.7 Å². The number of nitrogens with zero attached hydrogens (tertiary/aromatic N) is 3. The topological polar surface area (TPSA) is 121 Å². The summed E-state index contributed by atoms with van der Waals surface area (Å²) in [6.45, 7) is 0.702. The molecule has 0 aliphatic carbocycles. The van der Waals surface area contributed by atoms with Crippen molar-refractivity contribution in [2.45, 2.75) is 11.3 Å². The van der Waals surface area contributed by atoms with E-state index in [4.69, 9.17) is 11.6 Å². The van der Waals surface area contributed by atoms with Gasteiger partial charge in [-0.1, -0.05) is 11.6 Å². The van der Waals surface area contributed by atoms with Gasteiger partial charge in [0.25, 0.3) is 10.0 Å². The minimum absolute atomic E-state index is 0.00685. The van der Waals surface area contributed by atoms with Crippen molar-refractivity contribution in [2.75, 3.05) is 22.1 Å². The van der Waals surface area contributed by atoms with Gasteiger partial charge in [0.1, 0.15) is 0 Å². The number of hydrogen-bond donors (Lipinski definition) is 2. The van der Waals surface area contributed by atoms with Crippen LogP contribution in [-0.2, 0) is 20.2 Å². The average Bonchev–Trinajstić information content (AvgIpc) is 2.85. The molecule has 5 rings (SSSR count). The van der Waals surface area contributed by atoms with Gasteiger partial charge in [0, 0.05) is 42.1 Å². The molecule has 4 aromatic rings. The number of anilines is 2. The predicted octanol–water partition coefficient (Wildman–Crippen LogP) is 3.80. The molecule has 9 nitrogen and oxygen atoms in total. The molecule has 1 saturated heterocycles. The quantitative estimate of drug-likeness (QED) is 0.405. The molecule has 1 aliphatic heterocycles. The lowest BCUT2D eigenvalue weighted by atomic mass is 10.1. The van der Waals surface area contributed by atoms with E-state index in [0.717, 1.165) is 10.9 Å². The maximum atomic E-state index is 13.0. The lowest BCUT2D eigenvalue weighted by Gasteiger charge is -2.28. The van der Waals surface area contributed by atoms with Crippen molar-refractivity contribution in [3.05, 3.63) is 78.1 Å². The Morgan fingerprint density at radius 1 is 1.00 bits per heavy atom. The van der Waals surface area contributed by atoms with Crippen LogP contribution in [-0.4, -0.2) is 39.9 Å². The Morgan fingerprint density at radius 3 is 2.57 bits per heavy atom. The number of pyridine rings is 2. The van der Waals surface area contributed by atoms with E-state index in [-0.39, 0.29) is 4.90 Å². The smallest absolute Gasteiger partial charge is 0.280 e. The molecule has 0 amide bonds. The van der Waals surface area contributed by atoms with Gasteiger partial charge in [0.2, 0.25) is 0 Å². The first-order valence-electron chi connectivity index (χ1n) is 10.6. The molecule has 1 aliphatic rings. The van der Waals surface area contributed by atoms with E-state index >= 15 is 0 Å². The number of aromatic nitrogens is 2. The standard InChI is InChI=1S/C23H20ClN5O4S2/c24-21-9-4-16(15-20(21)23-19-3-1-11-25-22(19)10-13-26-23)28-34(30,31)18-7-5-17(6-8-18)29-14-2-12-27-35(29,32)33/h1,3-11,13,15,27-28H,2,12,14H2. The molecule has 2 aromatic heterocycles. The third kappa shape index (κ3) is 4.67. The lowest BCUT2D eigenvalue weighted by molar-refractivity contribution is 0.560. The summed E-state index contributed by atoms with van der Waals surface area (Å²) in [4.78, 5) is 8.76. The first-order chi connectivity index (χ1) is 16.7. The summed E-state index contributed by atoms with van der Waals surface area (Å²) in [5, 5.41) is 1.20. The molecule has 0 spiro atoms. The first kappa shape index (κ1) is 23.5. The summed E-state index contributed by atoms with van der Waals surface area (Å²) in [5.41, 5.74) is 2.58. The number of sulfonamides is 1. The first-order valence-corrected chi connectivity index (χ1v) is 13.9. The van der Waals surface area contributed by atoms with Crippen molar-refractivity contribution >= 4 is 54.1 Å². The fraction of sp³-hybridized carbons (Fsp3) is 0.130. The maximum Gasteiger partial charge on any atom is 0.301 e. The molecule has 3 heterocycles. The number of benzene rings is 2. The maximum absolute atomic E-state index is 13.0. The molecule has 2 aromatic carbocycles. The van der Waals surface area contributed by atoms with Gasteiger partial charge in [-0.3, -0.25) is 19.0 Å². The van der Waals surface area contributed by atoms with E-state index in [2.05, 4.69) is 19.4 Å². The van der Waals surface area contributed by atoms with Crippen LogP contribution in [0.4, 0.5) is 11.4 Å². The van der Waals surface area contributed by atoms with E-state index in [0.29, 0.717) is 47.2 Å². The summed E-state index contributed by atoms with van der Waals surface area (Å²) >= 11 is 6.44. The van der Waals surface area contributed by atoms with E-state index in [1.54, 1.807) is 42.7 Å². The second-order valence-electron chi connectivity index (χ2n) is 7.85. The molecular weight excluding hydrogens is 510 g/mol. The third-order valence-corrected chi connectivity index (χ3v) is 8.82. The Balaban J connectivity index is 1.44. The van der Waals surface area contributed by atoms with Crippen LogP contribution in [0.1, 0.15) is 6.42 Å². The van der Waals surface area contributed by atoms with Crippen molar-refractivity contribution in [3.63, 3.8) is 0 Å². The molecule has 180 valence electrons. The van der Waals surface area contributed by atoms with Gasteiger partial charge in [-0.25, -0.2) is 8.42 Å². The summed E-state index contributed by atoms with van der Waals surface area (Å²) in [5.74, 6) is 0. The van der Waals surface area contributed by atoms with Crippen molar-refractivity contribution in [2.24, 2.45) is 0 Å². The van der Waals surface area contributed by atoms with Crippen LogP contribution in [0.3, 0.4) is 0 Å². The molecule has 0 bridgehead atoms. The Hall–Kier alpha value is -3.25. The summed E-state index contributed by atoms with van der Waals surface area (Å²) in [6, 6.07) is 15.9. The van der Waals surface area contributed by atoms with Crippen LogP contribution in [0.5, 0.6) is 0 Å². The Labute approximate surface area is 208 Å². The van der Waals surface area contributed by atoms with Crippen molar-refractivity contribution < 1.29 is 16.8 Å². The van der Waals surface area contributed by atoms with Crippen LogP contribution in [0, 0.1) is 0 Å². The summed E-state index contributed by atoms with van der Waals surface area (Å²) in [6.07, 6.45) is 3.96. The summed E-state index contributed by atoms with van der Waals surface area (Å²) < 4.78 is 56.8. The van der Waals surface area contributed by atoms with Gasteiger partial charge in [0.05, 0.1) is 26.8 Å². The molecule has 0 unspecified atom stereocenters. The van der Waals surface area contributed by atoms with Gasteiger partial charge in [-0.15, -0.1) is 0 Å². The highest BCUT2D eigenvalue weighted by atomic mass is 35.5. The fourth-order valence-corrected chi connectivity index (χ4v) is 6.47. The minimum atomic E-state index is -3.95. The zero-order chi connectivity index (χ0) is 24.6. The van der Waals surface area contributed by atoms with E-state index in [1.807, 2.05) is 6.07 Å². The van der Waals surface area contributed by atoms with Gasteiger partial charge in [-0.05, 0) is 67.1 Å². The molecule has 0 radical (unpaired) electrons. The van der Waals surface area contributed by atoms with Gasteiger partial charge in [-0.2, -0.15) is 13.1 Å². The molecule has 2 N–H and O–H groups in total. The largest absolute Gasteiger partial charge is 0.301 e. The normalized spacial score (nSPS) is 15.7. The monoisotopic (exact) mass is 529 g/mol. The zero-order valence-corrected chi connectivity index (χ0v) is 20.6. The van der Waals surface area contributed by atoms with Gasteiger partial charge >= 0.3 is 10.2 Å². The average molecular weight is 530 g/mol. The van der Waals surface area contributed by atoms with E-state index in [9.17, 15) is 16.8 Å². The Bertz CT molecular complexity index is 1620. The van der Waals surface area contributed by atoms with Crippen molar-refractivity contribution in [1.29, 1.82) is 0 Å². The number of rotatable bonds is 5. The number of nitrogens with one attached hydrogen (secondary N) is 2. The molecule has 1 fully saturated rings. The second kappa shape index (κ2) is 9.08. The van der Waals surface area contributed by atoms with Crippen molar-refractivity contribution in [3.8, 4) is 11.3 Å². The fourth-order valence-electron chi connectivity index (χ4n) is 3.88. The van der Waals surface area contributed by atoms with Crippen LogP contribution in [0.15, 0.2) is 78.0 Å². The van der Waals surface area contributed by atoms with E-state index in [1.165, 1.54) is 28.6 Å². The highest BCUT2D eigenvalue weighted by molar-refractivity contribution is 7.92. The molecular formula is C23H20ClN5O4S2.